The molecular weight excluding hydrogens is 274 g/mol. The van der Waals surface area contributed by atoms with Crippen LogP contribution < -0.4 is 5.32 Å². The average Bonchev–Trinajstić information content (AvgIpc) is 2.14. The summed E-state index contributed by atoms with van der Waals surface area (Å²) in [7, 11) is 0. The van der Waals surface area contributed by atoms with Crippen LogP contribution in [0.5, 0.6) is 0 Å². The third kappa shape index (κ3) is 3.11. The second-order valence-corrected chi connectivity index (χ2v) is 7.37. The first-order valence-electron chi connectivity index (χ1n) is 6.38. The molecule has 0 aliphatic carbocycles. The lowest BCUT2D eigenvalue weighted by Crippen LogP contribution is -2.57. The highest BCUT2D eigenvalue weighted by molar-refractivity contribution is 9.10. The average molecular weight is 296 g/mol. The highest BCUT2D eigenvalue weighted by Gasteiger charge is 2.39. The smallest absolute Gasteiger partial charge is 0.0203 e. The van der Waals surface area contributed by atoms with Gasteiger partial charge < -0.3 is 5.32 Å². The Morgan fingerprint density at radius 1 is 1.29 bits per heavy atom. The minimum atomic E-state index is 0.372. The number of hydrogen-bond acceptors (Lipinski definition) is 1. The molecule has 17 heavy (non-hydrogen) atoms. The molecule has 0 aromatic heterocycles. The van der Waals surface area contributed by atoms with Crippen molar-refractivity contribution >= 4 is 15.9 Å². The maximum atomic E-state index is 3.58. The van der Waals surface area contributed by atoms with Gasteiger partial charge in [0.25, 0.3) is 0 Å². The molecule has 0 radical (unpaired) electrons. The predicted molar refractivity (Wildman–Crippen MR) is 77.4 cm³/mol. The van der Waals surface area contributed by atoms with Gasteiger partial charge in [-0.1, -0.05) is 48.8 Å². The van der Waals surface area contributed by atoms with Crippen LogP contribution in [0.4, 0.5) is 0 Å². The zero-order valence-electron chi connectivity index (χ0n) is 11.0. The van der Waals surface area contributed by atoms with Crippen LogP contribution in [-0.4, -0.2) is 13.1 Å². The van der Waals surface area contributed by atoms with Gasteiger partial charge in [-0.15, -0.1) is 0 Å². The molecule has 1 aliphatic heterocycles. The molecule has 1 N–H and O–H groups in total. The van der Waals surface area contributed by atoms with Crippen LogP contribution in [0.3, 0.4) is 0 Å². The van der Waals surface area contributed by atoms with E-state index in [2.05, 4.69) is 66.3 Å². The van der Waals surface area contributed by atoms with Crippen molar-refractivity contribution in [3.05, 3.63) is 34.3 Å². The van der Waals surface area contributed by atoms with Crippen LogP contribution >= 0.6 is 15.9 Å². The van der Waals surface area contributed by atoms with Crippen LogP contribution in [0, 0.1) is 5.41 Å². The number of halogens is 1. The van der Waals surface area contributed by atoms with E-state index in [-0.39, 0.29) is 0 Å². The highest BCUT2D eigenvalue weighted by Crippen LogP contribution is 2.37. The van der Waals surface area contributed by atoms with Gasteiger partial charge in [-0.25, -0.2) is 0 Å². The first-order chi connectivity index (χ1) is 7.91. The maximum absolute atomic E-state index is 3.58. The predicted octanol–water partition coefficient (Wildman–Crippen LogP) is 4.12. The fourth-order valence-electron chi connectivity index (χ4n) is 2.38. The molecule has 0 spiro atoms. The molecule has 1 aromatic carbocycles. The van der Waals surface area contributed by atoms with Crippen molar-refractivity contribution in [3.8, 4) is 0 Å². The zero-order chi connectivity index (χ0) is 12.5. The standard InChI is InChI=1S/C15H22BrN/c1-14(2,3)7-8-15(10-17-11-15)12-5-4-6-13(16)9-12/h4-6,9,17H,7-8,10-11H2,1-3H3. The van der Waals surface area contributed by atoms with E-state index in [4.69, 9.17) is 0 Å². The van der Waals surface area contributed by atoms with Gasteiger partial charge >= 0.3 is 0 Å². The SMILES string of the molecule is CC(C)(C)CCC1(c2cccc(Br)c2)CNC1. The third-order valence-corrected chi connectivity index (χ3v) is 4.21. The lowest BCUT2D eigenvalue weighted by molar-refractivity contribution is 0.215. The van der Waals surface area contributed by atoms with E-state index in [0.717, 1.165) is 13.1 Å². The van der Waals surface area contributed by atoms with Crippen LogP contribution in [-0.2, 0) is 5.41 Å². The number of rotatable bonds is 3. The molecule has 0 unspecified atom stereocenters. The summed E-state index contributed by atoms with van der Waals surface area (Å²) < 4.78 is 1.19. The van der Waals surface area contributed by atoms with Gasteiger partial charge in [0.2, 0.25) is 0 Å². The molecule has 1 aromatic rings. The molecule has 1 saturated heterocycles. The Balaban J connectivity index is 2.14. The van der Waals surface area contributed by atoms with E-state index >= 15 is 0 Å². The summed E-state index contributed by atoms with van der Waals surface area (Å²) in [6, 6.07) is 8.81. The molecule has 1 heterocycles. The summed E-state index contributed by atoms with van der Waals surface area (Å²) in [4.78, 5) is 0. The Labute approximate surface area is 113 Å². The van der Waals surface area contributed by atoms with Crippen molar-refractivity contribution in [2.45, 2.75) is 39.0 Å². The minimum absolute atomic E-state index is 0.372. The van der Waals surface area contributed by atoms with E-state index in [1.54, 1.807) is 0 Å². The normalized spacial score (nSPS) is 18.8. The van der Waals surface area contributed by atoms with E-state index in [1.807, 2.05) is 0 Å². The van der Waals surface area contributed by atoms with Crippen molar-refractivity contribution < 1.29 is 0 Å². The number of nitrogens with one attached hydrogen (secondary N) is 1. The Bertz CT molecular complexity index is 388. The quantitative estimate of drug-likeness (QED) is 0.885. The Morgan fingerprint density at radius 2 is 2.00 bits per heavy atom. The molecular formula is C15H22BrN. The van der Waals surface area contributed by atoms with Crippen molar-refractivity contribution in [1.29, 1.82) is 0 Å². The third-order valence-electron chi connectivity index (χ3n) is 3.72. The Hall–Kier alpha value is -0.340. The van der Waals surface area contributed by atoms with Gasteiger partial charge in [-0.05, 0) is 36.0 Å². The molecule has 0 saturated carbocycles. The molecule has 2 heteroatoms. The molecule has 1 aliphatic rings. The molecule has 2 rings (SSSR count). The summed E-state index contributed by atoms with van der Waals surface area (Å²) in [6.45, 7) is 9.23. The summed E-state index contributed by atoms with van der Waals surface area (Å²) in [5.74, 6) is 0. The molecule has 1 fully saturated rings. The van der Waals surface area contributed by atoms with Crippen LogP contribution in [0.15, 0.2) is 28.7 Å². The summed E-state index contributed by atoms with van der Waals surface area (Å²) in [5, 5.41) is 3.44. The molecule has 94 valence electrons. The summed E-state index contributed by atoms with van der Waals surface area (Å²) in [6.07, 6.45) is 2.56. The number of benzene rings is 1. The van der Waals surface area contributed by atoms with Gasteiger partial charge in [0.1, 0.15) is 0 Å². The number of hydrogen-bond donors (Lipinski definition) is 1. The van der Waals surface area contributed by atoms with E-state index < -0.39 is 0 Å². The topological polar surface area (TPSA) is 12.0 Å². The van der Waals surface area contributed by atoms with E-state index in [1.165, 1.54) is 22.9 Å². The first-order valence-corrected chi connectivity index (χ1v) is 7.17. The van der Waals surface area contributed by atoms with Gasteiger partial charge in [0.15, 0.2) is 0 Å². The first kappa shape index (κ1) is 13.1. The lowest BCUT2D eigenvalue weighted by atomic mass is 9.69. The van der Waals surface area contributed by atoms with Gasteiger partial charge in [-0.2, -0.15) is 0 Å². The van der Waals surface area contributed by atoms with Crippen molar-refractivity contribution in [2.75, 3.05) is 13.1 Å². The summed E-state index contributed by atoms with van der Waals surface area (Å²) in [5.41, 5.74) is 2.28. The van der Waals surface area contributed by atoms with Gasteiger partial charge in [0, 0.05) is 23.0 Å². The van der Waals surface area contributed by atoms with E-state index in [0.29, 0.717) is 10.8 Å². The molecule has 0 amide bonds. The van der Waals surface area contributed by atoms with Gasteiger partial charge in [0.05, 0.1) is 0 Å². The lowest BCUT2D eigenvalue weighted by Gasteiger charge is -2.44. The van der Waals surface area contributed by atoms with Crippen LogP contribution in [0.25, 0.3) is 0 Å². The maximum Gasteiger partial charge on any atom is 0.0203 e. The monoisotopic (exact) mass is 295 g/mol. The van der Waals surface area contributed by atoms with Crippen molar-refractivity contribution in [2.24, 2.45) is 5.41 Å². The Morgan fingerprint density at radius 3 is 2.47 bits per heavy atom. The van der Waals surface area contributed by atoms with Crippen molar-refractivity contribution in [3.63, 3.8) is 0 Å². The second kappa shape index (κ2) is 4.74. The zero-order valence-corrected chi connectivity index (χ0v) is 12.6. The molecule has 1 nitrogen and oxygen atoms in total. The largest absolute Gasteiger partial charge is 0.315 e. The highest BCUT2D eigenvalue weighted by atomic mass is 79.9. The van der Waals surface area contributed by atoms with Crippen molar-refractivity contribution in [1.82, 2.24) is 5.32 Å². The second-order valence-electron chi connectivity index (χ2n) is 6.45. The fraction of sp³-hybridized carbons (Fsp3) is 0.600. The van der Waals surface area contributed by atoms with Crippen LogP contribution in [0.1, 0.15) is 39.2 Å². The molecule has 0 bridgehead atoms. The fourth-order valence-corrected chi connectivity index (χ4v) is 2.78. The molecule has 0 atom stereocenters. The minimum Gasteiger partial charge on any atom is -0.315 e. The Kier molecular flexibility index (Phi) is 3.65. The summed E-state index contributed by atoms with van der Waals surface area (Å²) >= 11 is 3.58. The van der Waals surface area contributed by atoms with Gasteiger partial charge in [-0.3, -0.25) is 0 Å². The van der Waals surface area contributed by atoms with Crippen LogP contribution in [0.2, 0.25) is 0 Å². The van der Waals surface area contributed by atoms with E-state index in [9.17, 15) is 0 Å².